The van der Waals surface area contributed by atoms with Crippen LogP contribution in [0.4, 0.5) is 0 Å². The molecule has 0 unspecified atom stereocenters. The Balaban J connectivity index is 0.00000108. The molecule has 17 heavy (non-hydrogen) atoms. The third kappa shape index (κ3) is 2.50. The quantitative estimate of drug-likeness (QED) is 0.515. The van der Waals surface area contributed by atoms with Crippen LogP contribution >= 0.6 is 0 Å². The van der Waals surface area contributed by atoms with E-state index < -0.39 is 0 Å². The number of halogens is 1. The molecule has 0 aromatic carbocycles. The van der Waals surface area contributed by atoms with E-state index >= 15 is 0 Å². The molecule has 0 bridgehead atoms. The van der Waals surface area contributed by atoms with E-state index in [0.717, 1.165) is 18.0 Å². The molecule has 0 aliphatic carbocycles. The fourth-order valence-corrected chi connectivity index (χ4v) is 1.68. The molecule has 3 aromatic heterocycles. The Bertz CT molecular complexity index is 573. The number of hydrogen-bond donors (Lipinski definition) is 0. The standard InChI is InChI=1S/C12H11N4.BrH/c1-2-6-15(7-3-1)9-11-10-16-8-4-5-13-12(16)14-11;/h1-8,10H,9H2;1H/q+1;/p-1. The van der Waals surface area contributed by atoms with E-state index in [1.165, 1.54) is 0 Å². The number of pyridine rings is 1. The van der Waals surface area contributed by atoms with Crippen molar-refractivity contribution in [1.82, 2.24) is 14.4 Å². The van der Waals surface area contributed by atoms with E-state index in [-0.39, 0.29) is 17.0 Å². The normalized spacial score (nSPS) is 10.1. The second-order valence-electron chi connectivity index (χ2n) is 3.61. The molecule has 0 aliphatic rings. The molecular formula is C12H11BrN4. The summed E-state index contributed by atoms with van der Waals surface area (Å²) < 4.78 is 4.01. The average molecular weight is 291 g/mol. The minimum atomic E-state index is 0. The zero-order valence-corrected chi connectivity index (χ0v) is 10.7. The van der Waals surface area contributed by atoms with Crippen molar-refractivity contribution in [2.45, 2.75) is 6.54 Å². The van der Waals surface area contributed by atoms with E-state index in [4.69, 9.17) is 0 Å². The van der Waals surface area contributed by atoms with Crippen molar-refractivity contribution in [3.05, 3.63) is 60.9 Å². The van der Waals surface area contributed by atoms with Crippen molar-refractivity contribution in [3.8, 4) is 0 Å². The summed E-state index contributed by atoms with van der Waals surface area (Å²) in [4.78, 5) is 8.63. The van der Waals surface area contributed by atoms with E-state index in [2.05, 4.69) is 14.5 Å². The third-order valence-electron chi connectivity index (χ3n) is 2.41. The number of rotatable bonds is 2. The maximum atomic E-state index is 4.44. The largest absolute Gasteiger partial charge is 1.00 e. The molecule has 3 aromatic rings. The van der Waals surface area contributed by atoms with Gasteiger partial charge in [0.2, 0.25) is 5.78 Å². The molecule has 3 rings (SSSR count). The molecule has 0 N–H and O–H groups in total. The molecule has 86 valence electrons. The van der Waals surface area contributed by atoms with Crippen molar-refractivity contribution in [2.75, 3.05) is 0 Å². The number of aromatic nitrogens is 4. The van der Waals surface area contributed by atoms with Crippen LogP contribution in [0.5, 0.6) is 0 Å². The minimum Gasteiger partial charge on any atom is -1.00 e. The molecule has 0 radical (unpaired) electrons. The molecular weight excluding hydrogens is 280 g/mol. The maximum absolute atomic E-state index is 4.44. The molecule has 0 saturated carbocycles. The van der Waals surface area contributed by atoms with Crippen LogP contribution in [0.3, 0.4) is 0 Å². The maximum Gasteiger partial charge on any atom is 0.234 e. The summed E-state index contributed by atoms with van der Waals surface area (Å²) in [6.45, 7) is 0.768. The van der Waals surface area contributed by atoms with Crippen LogP contribution in [0.25, 0.3) is 5.78 Å². The van der Waals surface area contributed by atoms with Gasteiger partial charge in [-0.15, -0.1) is 0 Å². The van der Waals surface area contributed by atoms with E-state index in [0.29, 0.717) is 0 Å². The first-order valence-electron chi connectivity index (χ1n) is 5.14. The fourth-order valence-electron chi connectivity index (χ4n) is 1.68. The first kappa shape index (κ1) is 11.7. The summed E-state index contributed by atoms with van der Waals surface area (Å²) in [6.07, 6.45) is 9.76. The number of hydrogen-bond acceptors (Lipinski definition) is 2. The van der Waals surface area contributed by atoms with E-state index in [1.807, 2.05) is 53.5 Å². The topological polar surface area (TPSA) is 34.1 Å². The first-order chi connectivity index (χ1) is 7.92. The van der Waals surface area contributed by atoms with Gasteiger partial charge < -0.3 is 17.0 Å². The Labute approximate surface area is 109 Å². The molecule has 0 saturated heterocycles. The van der Waals surface area contributed by atoms with E-state index in [1.54, 1.807) is 6.20 Å². The first-order valence-corrected chi connectivity index (χ1v) is 5.14. The van der Waals surface area contributed by atoms with Gasteiger partial charge in [-0.25, -0.2) is 9.97 Å². The lowest BCUT2D eigenvalue weighted by Gasteiger charge is -1.90. The Morgan fingerprint density at radius 3 is 2.71 bits per heavy atom. The van der Waals surface area contributed by atoms with Crippen molar-refractivity contribution >= 4 is 5.78 Å². The van der Waals surface area contributed by atoms with Gasteiger partial charge >= 0.3 is 0 Å². The Hall–Kier alpha value is -1.75. The predicted molar refractivity (Wildman–Crippen MR) is 58.7 cm³/mol. The molecule has 0 aliphatic heterocycles. The fraction of sp³-hybridized carbons (Fsp3) is 0.0833. The molecule has 4 nitrogen and oxygen atoms in total. The lowest BCUT2D eigenvalue weighted by Crippen LogP contribution is -3.00. The highest BCUT2D eigenvalue weighted by Gasteiger charge is 2.06. The SMILES string of the molecule is [Br-].c1cc[n+](Cc2cn3cccnc3n2)cc1. The molecule has 0 amide bonds. The Kier molecular flexibility index (Phi) is 3.49. The van der Waals surface area contributed by atoms with Crippen molar-refractivity contribution in [2.24, 2.45) is 0 Å². The van der Waals surface area contributed by atoms with Crippen LogP contribution in [0, 0.1) is 0 Å². The second kappa shape index (κ2) is 5.05. The van der Waals surface area contributed by atoms with E-state index in [9.17, 15) is 0 Å². The highest BCUT2D eigenvalue weighted by atomic mass is 79.9. The summed E-state index contributed by atoms with van der Waals surface area (Å²) >= 11 is 0. The number of imidazole rings is 1. The second-order valence-corrected chi connectivity index (χ2v) is 3.61. The Morgan fingerprint density at radius 1 is 1.12 bits per heavy atom. The van der Waals surface area contributed by atoms with Gasteiger partial charge in [0.05, 0.1) is 0 Å². The van der Waals surface area contributed by atoms with Crippen molar-refractivity contribution < 1.29 is 21.5 Å². The molecule has 3 heterocycles. The van der Waals surface area contributed by atoms with Crippen LogP contribution in [0.1, 0.15) is 5.69 Å². The molecule has 0 atom stereocenters. The van der Waals surface area contributed by atoms with Gasteiger partial charge in [0.1, 0.15) is 5.69 Å². The van der Waals surface area contributed by atoms with Crippen LogP contribution in [-0.4, -0.2) is 14.4 Å². The molecule has 0 spiro atoms. The monoisotopic (exact) mass is 290 g/mol. The third-order valence-corrected chi connectivity index (χ3v) is 2.41. The van der Waals surface area contributed by atoms with Gasteiger partial charge in [-0.2, -0.15) is 4.57 Å². The van der Waals surface area contributed by atoms with Crippen molar-refractivity contribution in [3.63, 3.8) is 0 Å². The van der Waals surface area contributed by atoms with Crippen LogP contribution in [0.2, 0.25) is 0 Å². The summed E-state index contributed by atoms with van der Waals surface area (Å²) in [5.74, 6) is 0.744. The van der Waals surface area contributed by atoms with Gasteiger partial charge in [0, 0.05) is 30.7 Å². The van der Waals surface area contributed by atoms with Gasteiger partial charge in [-0.1, -0.05) is 6.07 Å². The van der Waals surface area contributed by atoms with Crippen LogP contribution in [-0.2, 0) is 6.54 Å². The summed E-state index contributed by atoms with van der Waals surface area (Å²) in [6, 6.07) is 7.91. The highest BCUT2D eigenvalue weighted by molar-refractivity contribution is 5.29. The summed E-state index contributed by atoms with van der Waals surface area (Å²) in [7, 11) is 0. The van der Waals surface area contributed by atoms with Gasteiger partial charge in [-0.05, 0) is 6.07 Å². The number of nitrogens with zero attached hydrogens (tertiary/aromatic N) is 4. The zero-order chi connectivity index (χ0) is 10.8. The lowest BCUT2D eigenvalue weighted by atomic mass is 10.4. The van der Waals surface area contributed by atoms with Crippen LogP contribution < -0.4 is 21.5 Å². The highest BCUT2D eigenvalue weighted by Crippen LogP contribution is 2.00. The molecule has 5 heteroatoms. The Morgan fingerprint density at radius 2 is 1.94 bits per heavy atom. The van der Waals surface area contributed by atoms with Gasteiger partial charge in [0.25, 0.3) is 0 Å². The van der Waals surface area contributed by atoms with Gasteiger partial charge in [-0.3, -0.25) is 4.40 Å². The lowest BCUT2D eigenvalue weighted by molar-refractivity contribution is -0.688. The predicted octanol–water partition coefficient (Wildman–Crippen LogP) is -1.93. The zero-order valence-electron chi connectivity index (χ0n) is 9.07. The smallest absolute Gasteiger partial charge is 0.234 e. The molecule has 0 fully saturated rings. The van der Waals surface area contributed by atoms with Crippen LogP contribution in [0.15, 0.2) is 55.2 Å². The summed E-state index contributed by atoms with van der Waals surface area (Å²) in [5, 5.41) is 0. The van der Waals surface area contributed by atoms with Gasteiger partial charge in [0.15, 0.2) is 18.9 Å². The summed E-state index contributed by atoms with van der Waals surface area (Å²) in [5.41, 5.74) is 1.01. The average Bonchev–Trinajstić information content (AvgIpc) is 2.72. The minimum absolute atomic E-state index is 0. The number of fused-ring (bicyclic) bond motifs is 1. The van der Waals surface area contributed by atoms with Crippen molar-refractivity contribution in [1.29, 1.82) is 0 Å².